The summed E-state index contributed by atoms with van der Waals surface area (Å²) in [5, 5.41) is 11.8. The molecule has 0 spiro atoms. The maximum atomic E-state index is 12.1. The highest BCUT2D eigenvalue weighted by atomic mass is 35.5. The van der Waals surface area contributed by atoms with E-state index >= 15 is 0 Å². The molecule has 0 aromatic heterocycles. The summed E-state index contributed by atoms with van der Waals surface area (Å²) in [6, 6.07) is 16.2. The van der Waals surface area contributed by atoms with Crippen LogP contribution in [0.15, 0.2) is 54.6 Å². The van der Waals surface area contributed by atoms with Crippen LogP contribution in [0, 0.1) is 0 Å². The SMILES string of the molecule is Cl.O=C(CC1CSCCN1)Nc1ccc(NC(=O)Nc2ccccc2)cc1. The fraction of sp³-hybridized carbons (Fsp3) is 0.263. The largest absolute Gasteiger partial charge is 0.326 e. The van der Waals surface area contributed by atoms with Crippen molar-refractivity contribution in [3.8, 4) is 0 Å². The molecule has 1 heterocycles. The number of nitrogens with one attached hydrogen (secondary N) is 4. The molecule has 1 fully saturated rings. The molecule has 6 nitrogen and oxygen atoms in total. The molecule has 0 bridgehead atoms. The Labute approximate surface area is 169 Å². The van der Waals surface area contributed by atoms with Crippen LogP contribution in [0.3, 0.4) is 0 Å². The van der Waals surface area contributed by atoms with E-state index in [0.29, 0.717) is 17.8 Å². The van der Waals surface area contributed by atoms with E-state index < -0.39 is 0 Å². The summed E-state index contributed by atoms with van der Waals surface area (Å²) in [6.45, 7) is 0.952. The number of carbonyl (C=O) groups is 2. The number of halogens is 1. The van der Waals surface area contributed by atoms with E-state index in [1.54, 1.807) is 24.3 Å². The minimum absolute atomic E-state index is 0. The van der Waals surface area contributed by atoms with E-state index in [1.807, 2.05) is 42.1 Å². The molecule has 2 aromatic carbocycles. The maximum absolute atomic E-state index is 12.1. The predicted octanol–water partition coefficient (Wildman–Crippen LogP) is 3.79. The lowest BCUT2D eigenvalue weighted by Gasteiger charge is -2.22. The monoisotopic (exact) mass is 406 g/mol. The van der Waals surface area contributed by atoms with Crippen LogP contribution < -0.4 is 21.3 Å². The van der Waals surface area contributed by atoms with Gasteiger partial charge in [0.15, 0.2) is 0 Å². The molecule has 144 valence electrons. The van der Waals surface area contributed by atoms with Gasteiger partial charge in [0, 0.05) is 47.6 Å². The molecule has 27 heavy (non-hydrogen) atoms. The Hall–Kier alpha value is -2.22. The Balaban J connectivity index is 0.00000261. The molecule has 0 saturated carbocycles. The summed E-state index contributed by atoms with van der Waals surface area (Å²) in [6.07, 6.45) is 0.465. The number of carbonyl (C=O) groups excluding carboxylic acids is 2. The first-order valence-corrected chi connectivity index (χ1v) is 9.68. The van der Waals surface area contributed by atoms with Crippen molar-refractivity contribution in [1.29, 1.82) is 0 Å². The average molecular weight is 407 g/mol. The van der Waals surface area contributed by atoms with Gasteiger partial charge in [0.2, 0.25) is 5.91 Å². The van der Waals surface area contributed by atoms with Gasteiger partial charge >= 0.3 is 6.03 Å². The molecule has 3 rings (SSSR count). The molecule has 4 N–H and O–H groups in total. The van der Waals surface area contributed by atoms with Gasteiger partial charge in [-0.3, -0.25) is 4.79 Å². The predicted molar refractivity (Wildman–Crippen MR) is 115 cm³/mol. The number of benzene rings is 2. The van der Waals surface area contributed by atoms with Crippen molar-refractivity contribution in [2.45, 2.75) is 12.5 Å². The lowest BCUT2D eigenvalue weighted by Crippen LogP contribution is -2.39. The van der Waals surface area contributed by atoms with Crippen LogP contribution in [0.25, 0.3) is 0 Å². The van der Waals surface area contributed by atoms with Crippen LogP contribution in [0.5, 0.6) is 0 Å². The number of thioether (sulfide) groups is 1. The third-order valence-corrected chi connectivity index (χ3v) is 5.02. The first-order valence-electron chi connectivity index (χ1n) is 8.53. The van der Waals surface area contributed by atoms with Gasteiger partial charge < -0.3 is 21.3 Å². The quantitative estimate of drug-likeness (QED) is 0.609. The lowest BCUT2D eigenvalue weighted by molar-refractivity contribution is -0.116. The second kappa shape index (κ2) is 10.8. The average Bonchev–Trinajstić information content (AvgIpc) is 2.65. The van der Waals surface area contributed by atoms with Crippen LogP contribution in [0.1, 0.15) is 6.42 Å². The van der Waals surface area contributed by atoms with Crippen molar-refractivity contribution >= 4 is 53.2 Å². The zero-order valence-electron chi connectivity index (χ0n) is 14.7. The van der Waals surface area contributed by atoms with Crippen LogP contribution in [-0.2, 0) is 4.79 Å². The Bertz CT molecular complexity index is 737. The van der Waals surface area contributed by atoms with E-state index in [0.717, 1.165) is 23.7 Å². The highest BCUT2D eigenvalue weighted by molar-refractivity contribution is 7.99. The smallest absolute Gasteiger partial charge is 0.323 e. The van der Waals surface area contributed by atoms with Crippen LogP contribution >= 0.6 is 24.2 Å². The molecule has 8 heteroatoms. The van der Waals surface area contributed by atoms with E-state index in [9.17, 15) is 9.59 Å². The summed E-state index contributed by atoms with van der Waals surface area (Å²) in [4.78, 5) is 24.1. The molecule has 1 atom stereocenters. The summed E-state index contributed by atoms with van der Waals surface area (Å²) in [7, 11) is 0. The zero-order chi connectivity index (χ0) is 18.2. The van der Waals surface area contributed by atoms with Gasteiger partial charge in [0.1, 0.15) is 0 Å². The van der Waals surface area contributed by atoms with Crippen LogP contribution in [-0.4, -0.2) is 36.0 Å². The number of rotatable bonds is 5. The minimum atomic E-state index is -0.311. The maximum Gasteiger partial charge on any atom is 0.323 e. The standard InChI is InChI=1S/C19H22N4O2S.ClH/c24-18(12-17-13-26-11-10-20-17)21-15-6-8-16(9-7-15)23-19(25)22-14-4-2-1-3-5-14;/h1-9,17,20H,10-13H2,(H,21,24)(H2,22,23,25);1H. The summed E-state index contributed by atoms with van der Waals surface area (Å²) < 4.78 is 0. The molecule has 0 radical (unpaired) electrons. The van der Waals surface area contributed by atoms with Crippen molar-refractivity contribution < 1.29 is 9.59 Å². The van der Waals surface area contributed by atoms with Gasteiger partial charge in [-0.15, -0.1) is 12.4 Å². The van der Waals surface area contributed by atoms with Gasteiger partial charge in [0.05, 0.1) is 0 Å². The highest BCUT2D eigenvalue weighted by Crippen LogP contribution is 2.16. The van der Waals surface area contributed by atoms with Crippen molar-refractivity contribution in [3.05, 3.63) is 54.6 Å². The highest BCUT2D eigenvalue weighted by Gasteiger charge is 2.16. The first-order chi connectivity index (χ1) is 12.7. The topological polar surface area (TPSA) is 82.3 Å². The number of urea groups is 1. The van der Waals surface area contributed by atoms with Gasteiger partial charge in [-0.1, -0.05) is 18.2 Å². The van der Waals surface area contributed by atoms with Crippen molar-refractivity contribution in [1.82, 2.24) is 5.32 Å². The molecule has 1 unspecified atom stereocenters. The number of hydrogen-bond acceptors (Lipinski definition) is 4. The van der Waals surface area contributed by atoms with E-state index in [4.69, 9.17) is 0 Å². The third-order valence-electron chi connectivity index (χ3n) is 3.89. The molecular weight excluding hydrogens is 384 g/mol. The fourth-order valence-electron chi connectivity index (χ4n) is 2.64. The molecule has 0 aliphatic carbocycles. The van der Waals surface area contributed by atoms with Crippen molar-refractivity contribution in [3.63, 3.8) is 0 Å². The van der Waals surface area contributed by atoms with Gasteiger partial charge in [0.25, 0.3) is 0 Å². The number of anilines is 3. The second-order valence-corrected chi connectivity index (χ2v) is 7.15. The molecule has 1 saturated heterocycles. The summed E-state index contributed by atoms with van der Waals surface area (Å²) in [5.41, 5.74) is 2.10. The normalized spacial score (nSPS) is 15.9. The van der Waals surface area contributed by atoms with Crippen molar-refractivity contribution in [2.75, 3.05) is 34.0 Å². The molecular formula is C19H23ClN4O2S. The Morgan fingerprint density at radius 1 is 0.926 bits per heavy atom. The van der Waals surface area contributed by atoms with Gasteiger partial charge in [-0.05, 0) is 36.4 Å². The number of amides is 3. The fourth-order valence-corrected chi connectivity index (χ4v) is 3.59. The van der Waals surface area contributed by atoms with Crippen LogP contribution in [0.2, 0.25) is 0 Å². The lowest BCUT2D eigenvalue weighted by atomic mass is 10.2. The molecule has 1 aliphatic rings. The van der Waals surface area contributed by atoms with Gasteiger partial charge in [-0.25, -0.2) is 4.79 Å². The Kier molecular flexibility index (Phi) is 8.44. The number of hydrogen-bond donors (Lipinski definition) is 4. The third kappa shape index (κ3) is 7.13. The van der Waals surface area contributed by atoms with Crippen molar-refractivity contribution in [2.24, 2.45) is 0 Å². The summed E-state index contributed by atoms with van der Waals surface area (Å²) in [5.74, 6) is 2.06. The summed E-state index contributed by atoms with van der Waals surface area (Å²) >= 11 is 1.87. The van der Waals surface area contributed by atoms with E-state index in [2.05, 4.69) is 21.3 Å². The van der Waals surface area contributed by atoms with Gasteiger partial charge in [-0.2, -0.15) is 11.8 Å². The number of para-hydroxylation sites is 1. The van der Waals surface area contributed by atoms with Crippen LogP contribution in [0.4, 0.5) is 21.9 Å². The van der Waals surface area contributed by atoms with E-state index in [1.165, 1.54) is 0 Å². The first kappa shape index (κ1) is 21.1. The zero-order valence-corrected chi connectivity index (χ0v) is 16.4. The Morgan fingerprint density at radius 2 is 1.52 bits per heavy atom. The molecule has 2 aromatic rings. The van der Waals surface area contributed by atoms with E-state index in [-0.39, 0.29) is 30.4 Å². The molecule has 3 amide bonds. The molecule has 1 aliphatic heterocycles. The second-order valence-electron chi connectivity index (χ2n) is 6.00. The minimum Gasteiger partial charge on any atom is -0.326 e. The Morgan fingerprint density at radius 3 is 2.11 bits per heavy atom.